The SMILES string of the molecule is CCC[Si](CCC)(CCC)N(CC)CC. The normalized spacial score (nSPS) is 12.4. The Bertz CT molecular complexity index is 126. The molecule has 15 heavy (non-hydrogen) atoms. The van der Waals surface area contributed by atoms with Crippen LogP contribution in [-0.4, -0.2) is 25.9 Å². The molecule has 0 aromatic heterocycles. The van der Waals surface area contributed by atoms with Crippen LogP contribution in [-0.2, 0) is 0 Å². The molecule has 0 saturated carbocycles. The fourth-order valence-electron chi connectivity index (χ4n) is 3.14. The summed E-state index contributed by atoms with van der Waals surface area (Å²) in [5.74, 6) is 0. The van der Waals surface area contributed by atoms with Gasteiger partial charge in [-0.25, -0.2) is 0 Å². The first-order valence-electron chi connectivity index (χ1n) is 6.95. The van der Waals surface area contributed by atoms with Gasteiger partial charge in [-0.3, -0.25) is 0 Å². The summed E-state index contributed by atoms with van der Waals surface area (Å²) < 4.78 is 2.84. The van der Waals surface area contributed by atoms with Gasteiger partial charge < -0.3 is 4.57 Å². The first-order valence-corrected chi connectivity index (χ1v) is 9.52. The predicted octanol–water partition coefficient (Wildman–Crippen LogP) is 4.50. The summed E-state index contributed by atoms with van der Waals surface area (Å²) in [6, 6.07) is 4.53. The van der Waals surface area contributed by atoms with Crippen LogP contribution >= 0.6 is 0 Å². The van der Waals surface area contributed by atoms with Crippen molar-refractivity contribution >= 4 is 8.24 Å². The molecule has 0 N–H and O–H groups in total. The maximum absolute atomic E-state index is 2.84. The first kappa shape index (κ1) is 15.2. The number of nitrogens with zero attached hydrogens (tertiary/aromatic N) is 1. The molecular formula is C13H31NSi. The van der Waals surface area contributed by atoms with Crippen LogP contribution in [0, 0.1) is 0 Å². The van der Waals surface area contributed by atoms with Crippen LogP contribution in [0.1, 0.15) is 53.9 Å². The Morgan fingerprint density at radius 1 is 0.667 bits per heavy atom. The smallest absolute Gasteiger partial charge is 0.128 e. The van der Waals surface area contributed by atoms with Crippen molar-refractivity contribution < 1.29 is 0 Å². The van der Waals surface area contributed by atoms with Gasteiger partial charge in [-0.05, 0) is 31.2 Å². The van der Waals surface area contributed by atoms with Crippen molar-refractivity contribution in [1.82, 2.24) is 4.57 Å². The van der Waals surface area contributed by atoms with Gasteiger partial charge >= 0.3 is 0 Å². The van der Waals surface area contributed by atoms with Gasteiger partial charge in [0.05, 0.1) is 0 Å². The lowest BCUT2D eigenvalue weighted by molar-refractivity contribution is 0.449. The van der Waals surface area contributed by atoms with E-state index in [1.54, 1.807) is 0 Å². The average molecular weight is 229 g/mol. The number of hydrogen-bond acceptors (Lipinski definition) is 1. The Hall–Kier alpha value is 0.177. The summed E-state index contributed by atoms with van der Waals surface area (Å²) in [5, 5.41) is 0. The quantitative estimate of drug-likeness (QED) is 0.526. The fourth-order valence-corrected chi connectivity index (χ4v) is 8.97. The van der Waals surface area contributed by atoms with Gasteiger partial charge in [0, 0.05) is 0 Å². The van der Waals surface area contributed by atoms with Crippen molar-refractivity contribution in [2.45, 2.75) is 72.0 Å². The van der Waals surface area contributed by atoms with E-state index < -0.39 is 8.24 Å². The van der Waals surface area contributed by atoms with Gasteiger partial charge in [-0.2, -0.15) is 0 Å². The van der Waals surface area contributed by atoms with Gasteiger partial charge in [0.15, 0.2) is 0 Å². The van der Waals surface area contributed by atoms with Crippen molar-refractivity contribution in [1.29, 1.82) is 0 Å². The fraction of sp³-hybridized carbons (Fsp3) is 1.00. The molecule has 0 radical (unpaired) electrons. The molecule has 0 heterocycles. The minimum absolute atomic E-state index is 1.09. The third-order valence-corrected chi connectivity index (χ3v) is 9.85. The molecule has 92 valence electrons. The van der Waals surface area contributed by atoms with E-state index in [1.807, 2.05) is 0 Å². The maximum Gasteiger partial charge on any atom is 0.128 e. The highest BCUT2D eigenvalue weighted by molar-refractivity contribution is 6.77. The molecule has 0 aliphatic rings. The van der Waals surface area contributed by atoms with E-state index >= 15 is 0 Å². The van der Waals surface area contributed by atoms with Crippen molar-refractivity contribution in [3.8, 4) is 0 Å². The molecule has 2 heteroatoms. The van der Waals surface area contributed by atoms with E-state index in [4.69, 9.17) is 0 Å². The Balaban J connectivity index is 4.71. The van der Waals surface area contributed by atoms with E-state index in [-0.39, 0.29) is 0 Å². The van der Waals surface area contributed by atoms with E-state index in [0.29, 0.717) is 0 Å². The monoisotopic (exact) mass is 229 g/mol. The van der Waals surface area contributed by atoms with Crippen LogP contribution in [0.15, 0.2) is 0 Å². The van der Waals surface area contributed by atoms with E-state index in [1.165, 1.54) is 50.5 Å². The third kappa shape index (κ3) is 4.27. The molecule has 0 rings (SSSR count). The summed E-state index contributed by atoms with van der Waals surface area (Å²) >= 11 is 0. The minimum Gasteiger partial charge on any atom is -0.324 e. The molecule has 0 bridgehead atoms. The van der Waals surface area contributed by atoms with Gasteiger partial charge in [0.1, 0.15) is 8.24 Å². The highest BCUT2D eigenvalue weighted by Gasteiger charge is 2.35. The van der Waals surface area contributed by atoms with Crippen LogP contribution in [0.5, 0.6) is 0 Å². The number of rotatable bonds is 9. The summed E-state index contributed by atoms with van der Waals surface area (Å²) in [4.78, 5) is 0. The topological polar surface area (TPSA) is 3.24 Å². The molecule has 0 fully saturated rings. The van der Waals surface area contributed by atoms with Gasteiger partial charge in [-0.15, -0.1) is 0 Å². The van der Waals surface area contributed by atoms with Gasteiger partial charge in [0.25, 0.3) is 0 Å². The minimum atomic E-state index is -1.09. The maximum atomic E-state index is 2.84. The van der Waals surface area contributed by atoms with Crippen LogP contribution in [0.25, 0.3) is 0 Å². The van der Waals surface area contributed by atoms with E-state index in [2.05, 4.69) is 39.2 Å². The Kier molecular flexibility index (Phi) is 8.44. The van der Waals surface area contributed by atoms with Gasteiger partial charge in [0.2, 0.25) is 0 Å². The number of hydrogen-bond donors (Lipinski definition) is 0. The second-order valence-corrected chi connectivity index (χ2v) is 9.23. The zero-order valence-electron chi connectivity index (χ0n) is 11.6. The van der Waals surface area contributed by atoms with Crippen molar-refractivity contribution in [3.63, 3.8) is 0 Å². The highest BCUT2D eigenvalue weighted by Crippen LogP contribution is 2.29. The van der Waals surface area contributed by atoms with Crippen LogP contribution < -0.4 is 0 Å². The standard InChI is InChI=1S/C13H31NSi/c1-6-11-15(12-7-2,13-8-3)14(9-4)10-5/h6-13H2,1-5H3. The summed E-state index contributed by atoms with van der Waals surface area (Å²) in [7, 11) is -1.09. The molecule has 0 spiro atoms. The van der Waals surface area contributed by atoms with Crippen molar-refractivity contribution in [2.75, 3.05) is 13.1 Å². The second-order valence-electron chi connectivity index (χ2n) is 4.65. The Labute approximate surface area is 98.3 Å². The Morgan fingerprint density at radius 2 is 1.00 bits per heavy atom. The first-order chi connectivity index (χ1) is 7.20. The summed E-state index contributed by atoms with van der Waals surface area (Å²) in [5.41, 5.74) is 0. The lowest BCUT2D eigenvalue weighted by Crippen LogP contribution is -2.53. The average Bonchev–Trinajstić information content (AvgIpc) is 2.20. The summed E-state index contributed by atoms with van der Waals surface area (Å²) in [6.45, 7) is 14.3. The van der Waals surface area contributed by atoms with Crippen molar-refractivity contribution in [2.24, 2.45) is 0 Å². The van der Waals surface area contributed by atoms with E-state index in [0.717, 1.165) is 0 Å². The molecule has 1 nitrogen and oxygen atoms in total. The van der Waals surface area contributed by atoms with Gasteiger partial charge in [-0.1, -0.05) is 53.9 Å². The highest BCUT2D eigenvalue weighted by atomic mass is 28.3. The van der Waals surface area contributed by atoms with E-state index in [9.17, 15) is 0 Å². The second kappa shape index (κ2) is 8.34. The van der Waals surface area contributed by atoms with Crippen LogP contribution in [0.2, 0.25) is 18.1 Å². The molecule has 0 aliphatic heterocycles. The largest absolute Gasteiger partial charge is 0.324 e. The Morgan fingerprint density at radius 3 is 1.20 bits per heavy atom. The summed E-state index contributed by atoms with van der Waals surface area (Å²) in [6.07, 6.45) is 4.13. The molecule has 0 aromatic carbocycles. The molecule has 0 saturated heterocycles. The molecule has 0 aromatic rings. The zero-order chi connectivity index (χ0) is 11.7. The van der Waals surface area contributed by atoms with Crippen molar-refractivity contribution in [3.05, 3.63) is 0 Å². The molecule has 0 unspecified atom stereocenters. The van der Waals surface area contributed by atoms with Crippen LogP contribution in [0.3, 0.4) is 0 Å². The molecule has 0 amide bonds. The molecule has 0 aliphatic carbocycles. The zero-order valence-corrected chi connectivity index (χ0v) is 12.6. The third-order valence-electron chi connectivity index (χ3n) is 3.58. The van der Waals surface area contributed by atoms with Crippen LogP contribution in [0.4, 0.5) is 0 Å². The molecule has 0 atom stereocenters. The lowest BCUT2D eigenvalue weighted by Gasteiger charge is -2.41. The lowest BCUT2D eigenvalue weighted by atomic mass is 10.5. The molecular weight excluding hydrogens is 198 g/mol. The predicted molar refractivity (Wildman–Crippen MR) is 74.0 cm³/mol.